The Balaban J connectivity index is 1.58. The van der Waals surface area contributed by atoms with Gasteiger partial charge in [0.1, 0.15) is 31.1 Å². The highest BCUT2D eigenvalue weighted by molar-refractivity contribution is 6.83. The van der Waals surface area contributed by atoms with Crippen LogP contribution in [0.4, 0.5) is 0 Å². The number of nitrogens with one attached hydrogen (secondary N) is 2. The molecule has 0 atom stereocenters. The highest BCUT2D eigenvalue weighted by Gasteiger charge is 2.23. The van der Waals surface area contributed by atoms with Gasteiger partial charge in [0.15, 0.2) is 0 Å². The molecule has 0 saturated carbocycles. The zero-order valence-corrected chi connectivity index (χ0v) is 33.5. The molecule has 9 heteroatoms. The number of hydrogen-bond donors (Lipinski definition) is 2. The summed E-state index contributed by atoms with van der Waals surface area (Å²) in [5, 5.41) is 0. The van der Waals surface area contributed by atoms with Gasteiger partial charge in [-0.05, 0) is 85.0 Å². The zero-order chi connectivity index (χ0) is 39.0. The molecule has 0 aliphatic carbocycles. The van der Waals surface area contributed by atoms with Gasteiger partial charge in [-0.1, -0.05) is 55.9 Å². The maximum atomic E-state index is 5.95. The maximum Gasteiger partial charge on any atom is 0.130 e. The number of aromatic amines is 2. The van der Waals surface area contributed by atoms with E-state index in [4.69, 9.17) is 28.9 Å². The number of aromatic nitrogens is 4. The largest absolute Gasteiger partial charge is 0.496 e. The first-order chi connectivity index (χ1) is 27.2. The third-order valence-electron chi connectivity index (χ3n) is 9.70. The number of ether oxygens (including phenoxy) is 4. The number of fused-ring (bicyclic) bond motifs is 8. The van der Waals surface area contributed by atoms with Crippen LogP contribution in [0.1, 0.15) is 28.3 Å². The van der Waals surface area contributed by atoms with Crippen molar-refractivity contribution >= 4 is 54.4 Å². The van der Waals surface area contributed by atoms with E-state index in [0.29, 0.717) is 23.0 Å². The Kier molecular flexibility index (Phi) is 9.58. The summed E-state index contributed by atoms with van der Waals surface area (Å²) >= 11 is 0. The number of methoxy groups -OCH3 is 4. The van der Waals surface area contributed by atoms with Crippen LogP contribution in [0.2, 0.25) is 19.6 Å². The Morgan fingerprint density at radius 1 is 0.500 bits per heavy atom. The molecule has 3 aromatic heterocycles. The normalized spacial score (nSPS) is 11.9. The van der Waals surface area contributed by atoms with Crippen LogP contribution in [-0.4, -0.2) is 56.4 Å². The first-order valence-electron chi connectivity index (χ1n) is 18.4. The van der Waals surface area contributed by atoms with Crippen molar-refractivity contribution in [3.8, 4) is 67.8 Å². The van der Waals surface area contributed by atoms with Crippen LogP contribution in [-0.2, 0) is 0 Å². The molecule has 0 unspecified atom stereocenters. The lowest BCUT2D eigenvalue weighted by atomic mass is 9.98. The molecule has 5 heterocycles. The molecular weight excluding hydrogens is 713 g/mol. The Hall–Kier alpha value is -6.76. The van der Waals surface area contributed by atoms with Gasteiger partial charge in [-0.25, -0.2) is 9.97 Å². The molecule has 2 N–H and O–H groups in total. The van der Waals surface area contributed by atoms with Crippen molar-refractivity contribution in [2.24, 2.45) is 0 Å². The Labute approximate surface area is 327 Å². The van der Waals surface area contributed by atoms with E-state index in [0.717, 1.165) is 83.8 Å². The third-order valence-corrected chi connectivity index (χ3v) is 10.6. The van der Waals surface area contributed by atoms with Gasteiger partial charge in [-0.15, -0.1) is 5.54 Å². The van der Waals surface area contributed by atoms with E-state index >= 15 is 0 Å². The van der Waals surface area contributed by atoms with Crippen LogP contribution < -0.4 is 18.9 Å². The van der Waals surface area contributed by atoms with Crippen molar-refractivity contribution in [1.29, 1.82) is 0 Å². The quantitative estimate of drug-likeness (QED) is 0.124. The summed E-state index contributed by atoms with van der Waals surface area (Å²) in [5.41, 5.74) is 16.1. The van der Waals surface area contributed by atoms with Gasteiger partial charge in [0.05, 0.1) is 62.3 Å². The van der Waals surface area contributed by atoms with Gasteiger partial charge >= 0.3 is 0 Å². The summed E-state index contributed by atoms with van der Waals surface area (Å²) in [6.45, 7) is 6.76. The van der Waals surface area contributed by atoms with Gasteiger partial charge < -0.3 is 28.9 Å². The lowest BCUT2D eigenvalue weighted by Crippen LogP contribution is -2.16. The summed E-state index contributed by atoms with van der Waals surface area (Å²) in [6.07, 6.45) is 8.18. The van der Waals surface area contributed by atoms with Gasteiger partial charge in [-0.3, -0.25) is 0 Å². The molecule has 56 heavy (non-hydrogen) atoms. The zero-order valence-electron chi connectivity index (χ0n) is 32.5. The standard InChI is InChI=1S/C47H42N4O4Si/c1-52-39-14-10-15-40(53-2)46(39)44-35-20-18-30(48-35)28-31-19-21-36(49-31)45(47-41(54-3)16-11-17-42(47)55-4)38-25-23-34(51-38)43(33-22-24-37(44)50-33)32-13-9-8-12-29(32)26-27-56(5,6)7/h8-25,28,48,51H,1-7H3. The van der Waals surface area contributed by atoms with E-state index in [1.807, 2.05) is 66.7 Å². The fourth-order valence-electron chi connectivity index (χ4n) is 7.21. The van der Waals surface area contributed by atoms with Crippen molar-refractivity contribution in [3.63, 3.8) is 0 Å². The minimum atomic E-state index is -1.71. The highest BCUT2D eigenvalue weighted by Crippen LogP contribution is 2.45. The van der Waals surface area contributed by atoms with E-state index < -0.39 is 8.07 Å². The molecule has 0 saturated heterocycles. The van der Waals surface area contributed by atoms with Crippen molar-refractivity contribution in [2.45, 2.75) is 19.6 Å². The van der Waals surface area contributed by atoms with Crippen molar-refractivity contribution in [2.75, 3.05) is 28.4 Å². The minimum absolute atomic E-state index is 0.667. The van der Waals surface area contributed by atoms with Crippen LogP contribution in [0.5, 0.6) is 23.0 Å². The molecule has 0 spiro atoms. The second-order valence-electron chi connectivity index (χ2n) is 14.5. The Morgan fingerprint density at radius 3 is 1.59 bits per heavy atom. The average molecular weight is 755 g/mol. The van der Waals surface area contributed by atoms with Crippen LogP contribution >= 0.6 is 0 Å². The third kappa shape index (κ3) is 6.76. The van der Waals surface area contributed by atoms with Crippen LogP contribution in [0.3, 0.4) is 0 Å². The second-order valence-corrected chi connectivity index (χ2v) is 19.2. The van der Waals surface area contributed by atoms with E-state index in [-0.39, 0.29) is 0 Å². The molecule has 3 aromatic carbocycles. The molecule has 0 radical (unpaired) electrons. The van der Waals surface area contributed by atoms with E-state index in [2.05, 4.69) is 89.6 Å². The molecular formula is C47H42N4O4Si. The van der Waals surface area contributed by atoms with E-state index in [1.165, 1.54) is 0 Å². The van der Waals surface area contributed by atoms with Crippen molar-refractivity contribution in [1.82, 2.24) is 19.9 Å². The molecule has 8 rings (SSSR count). The van der Waals surface area contributed by atoms with Crippen LogP contribution in [0, 0.1) is 11.5 Å². The second kappa shape index (κ2) is 14.8. The molecule has 278 valence electrons. The van der Waals surface area contributed by atoms with Crippen LogP contribution in [0.15, 0.2) is 91.0 Å². The van der Waals surface area contributed by atoms with Gasteiger partial charge in [0.2, 0.25) is 0 Å². The molecule has 0 fully saturated rings. The molecule has 6 aromatic rings. The Morgan fingerprint density at radius 2 is 1.00 bits per heavy atom. The van der Waals surface area contributed by atoms with E-state index in [1.54, 1.807) is 28.4 Å². The summed E-state index contributed by atoms with van der Waals surface area (Å²) in [5.74, 6) is 6.23. The Bertz CT molecular complexity index is 2710. The van der Waals surface area contributed by atoms with E-state index in [9.17, 15) is 0 Å². The van der Waals surface area contributed by atoms with Crippen molar-refractivity contribution in [3.05, 3.63) is 119 Å². The molecule has 8 nitrogen and oxygen atoms in total. The number of benzene rings is 3. The predicted octanol–water partition coefficient (Wildman–Crippen LogP) is 10.9. The fourth-order valence-corrected chi connectivity index (χ4v) is 7.72. The fraction of sp³-hybridized carbons (Fsp3) is 0.149. The summed E-state index contributed by atoms with van der Waals surface area (Å²) in [7, 11) is 4.97. The first-order valence-corrected chi connectivity index (χ1v) is 21.9. The van der Waals surface area contributed by atoms with Gasteiger partial charge in [0.25, 0.3) is 0 Å². The molecule has 8 bridgehead atoms. The maximum absolute atomic E-state index is 5.95. The van der Waals surface area contributed by atoms with Crippen molar-refractivity contribution < 1.29 is 18.9 Å². The highest BCUT2D eigenvalue weighted by atomic mass is 28.3. The summed E-state index contributed by atoms with van der Waals surface area (Å²) < 4.78 is 23.8. The number of rotatable bonds is 7. The lowest BCUT2D eigenvalue weighted by molar-refractivity contribution is 0.397. The number of hydrogen-bond acceptors (Lipinski definition) is 6. The summed E-state index contributed by atoms with van der Waals surface area (Å²) in [4.78, 5) is 18.1. The molecule has 2 aliphatic rings. The summed E-state index contributed by atoms with van der Waals surface area (Å²) in [6, 6.07) is 30.2. The predicted molar refractivity (Wildman–Crippen MR) is 232 cm³/mol. The van der Waals surface area contributed by atoms with Crippen LogP contribution in [0.25, 0.3) is 79.8 Å². The lowest BCUT2D eigenvalue weighted by Gasteiger charge is -2.14. The average Bonchev–Trinajstić information content (AvgIpc) is 4.05. The SMILES string of the molecule is COc1cccc(OC)c1-c1c2nc(c(-c3ccccc3C#C[Si](C)(C)C)c3ccc([nH]3)c(-c3c(OC)cccc3OC)c3nc(cc4ccc1[nH]4)C=C3)C=C2. The molecule has 0 amide bonds. The molecule has 2 aliphatic heterocycles. The topological polar surface area (TPSA) is 94.3 Å². The van der Waals surface area contributed by atoms with Gasteiger partial charge in [-0.2, -0.15) is 0 Å². The number of H-pyrrole nitrogens is 2. The monoisotopic (exact) mass is 754 g/mol. The van der Waals surface area contributed by atoms with Gasteiger partial charge in [0, 0.05) is 49.9 Å². The minimum Gasteiger partial charge on any atom is -0.496 e. The number of nitrogens with zero attached hydrogens (tertiary/aromatic N) is 2. The smallest absolute Gasteiger partial charge is 0.130 e. The first kappa shape index (κ1) is 36.2.